The van der Waals surface area contributed by atoms with Crippen molar-refractivity contribution in [1.29, 1.82) is 0 Å². The molecule has 1 aliphatic heterocycles. The summed E-state index contributed by atoms with van der Waals surface area (Å²) in [6.45, 7) is 7.41. The van der Waals surface area contributed by atoms with Gasteiger partial charge in [0.1, 0.15) is 0 Å². The van der Waals surface area contributed by atoms with E-state index in [0.29, 0.717) is 12.5 Å². The Morgan fingerprint density at radius 1 is 1.56 bits per heavy atom. The summed E-state index contributed by atoms with van der Waals surface area (Å²) in [4.78, 5) is 13.7. The van der Waals surface area contributed by atoms with Gasteiger partial charge in [-0.3, -0.25) is 15.1 Å². The van der Waals surface area contributed by atoms with Crippen molar-refractivity contribution in [1.82, 2.24) is 10.3 Å². The summed E-state index contributed by atoms with van der Waals surface area (Å²) < 4.78 is 0. The Kier molecular flexibility index (Phi) is 4.70. The lowest BCUT2D eigenvalue weighted by Crippen LogP contribution is -2.56. The highest BCUT2D eigenvalue weighted by Gasteiger charge is 2.34. The third-order valence-electron chi connectivity index (χ3n) is 3.39. The number of hydrogen-bond donors (Lipinski definition) is 3. The number of carbonyl (C=O) groups excluding carboxylic acids is 1. The molecule has 0 aromatic heterocycles. The fraction of sp³-hybridized carbons (Fsp3) is 0.909. The molecule has 0 saturated carbocycles. The Labute approximate surface area is 97.0 Å². The molecule has 1 saturated heterocycles. The van der Waals surface area contributed by atoms with Crippen LogP contribution in [0.2, 0.25) is 0 Å². The molecular formula is C11H23N3O2. The zero-order valence-electron chi connectivity index (χ0n) is 10.3. The lowest BCUT2D eigenvalue weighted by Gasteiger charge is -2.39. The van der Waals surface area contributed by atoms with E-state index in [4.69, 9.17) is 5.84 Å². The summed E-state index contributed by atoms with van der Waals surface area (Å²) in [6.07, 6.45) is 0.572. The molecule has 1 amide bonds. The number of hydrazine groups is 1. The molecule has 1 rings (SSSR count). The van der Waals surface area contributed by atoms with Crippen LogP contribution in [-0.2, 0) is 4.79 Å². The zero-order valence-corrected chi connectivity index (χ0v) is 10.3. The molecule has 0 aromatic rings. The maximum atomic E-state index is 11.7. The summed E-state index contributed by atoms with van der Waals surface area (Å²) in [5, 5.41) is 9.83. The molecule has 0 aliphatic carbocycles. The molecule has 3 unspecified atom stereocenters. The minimum absolute atomic E-state index is 0.170. The largest absolute Gasteiger partial charge is 0.392 e. The predicted molar refractivity (Wildman–Crippen MR) is 62.3 cm³/mol. The Morgan fingerprint density at radius 3 is 2.62 bits per heavy atom. The topological polar surface area (TPSA) is 78.6 Å². The maximum absolute atomic E-state index is 11.7. The van der Waals surface area contributed by atoms with Gasteiger partial charge in [-0.15, -0.1) is 0 Å². The van der Waals surface area contributed by atoms with Crippen LogP contribution in [0.1, 0.15) is 27.2 Å². The highest BCUT2D eigenvalue weighted by Crippen LogP contribution is 2.21. The molecule has 1 heterocycles. The summed E-state index contributed by atoms with van der Waals surface area (Å²) in [5.41, 5.74) is 2.21. The Hall–Kier alpha value is -0.650. The molecule has 16 heavy (non-hydrogen) atoms. The second kappa shape index (κ2) is 5.61. The van der Waals surface area contributed by atoms with Gasteiger partial charge in [0, 0.05) is 6.54 Å². The van der Waals surface area contributed by atoms with Gasteiger partial charge in [0.2, 0.25) is 0 Å². The van der Waals surface area contributed by atoms with E-state index in [1.807, 2.05) is 25.7 Å². The minimum Gasteiger partial charge on any atom is -0.392 e. The van der Waals surface area contributed by atoms with Crippen molar-refractivity contribution in [2.24, 2.45) is 17.7 Å². The number of piperidine rings is 1. The van der Waals surface area contributed by atoms with Crippen molar-refractivity contribution in [3.05, 3.63) is 0 Å². The fourth-order valence-electron chi connectivity index (χ4n) is 2.30. The van der Waals surface area contributed by atoms with E-state index in [1.54, 1.807) is 0 Å². The molecule has 94 valence electrons. The van der Waals surface area contributed by atoms with Gasteiger partial charge in [-0.25, -0.2) is 5.84 Å². The Balaban J connectivity index is 2.69. The summed E-state index contributed by atoms with van der Waals surface area (Å²) in [5.74, 6) is 5.52. The van der Waals surface area contributed by atoms with Crippen LogP contribution >= 0.6 is 0 Å². The first-order chi connectivity index (χ1) is 7.47. The number of amides is 1. The van der Waals surface area contributed by atoms with Crippen molar-refractivity contribution in [2.75, 3.05) is 13.1 Å². The number of likely N-dealkylation sites (tertiary alicyclic amines) is 1. The Bertz CT molecular complexity index is 245. The van der Waals surface area contributed by atoms with Gasteiger partial charge in [0.15, 0.2) is 0 Å². The third kappa shape index (κ3) is 2.93. The van der Waals surface area contributed by atoms with Crippen LogP contribution in [0.4, 0.5) is 0 Å². The smallest absolute Gasteiger partial charge is 0.251 e. The molecule has 5 nitrogen and oxygen atoms in total. The standard InChI is InChI=1S/C11H23N3O2/c1-7(2)10(11(16)13-12)14-5-4-8(3)9(15)6-14/h7-10,15H,4-6,12H2,1-3H3,(H,13,16). The average Bonchev–Trinajstić information content (AvgIpc) is 2.22. The first-order valence-electron chi connectivity index (χ1n) is 5.90. The molecule has 0 radical (unpaired) electrons. The van der Waals surface area contributed by atoms with Crippen molar-refractivity contribution in [3.8, 4) is 0 Å². The molecule has 0 aromatic carbocycles. The highest BCUT2D eigenvalue weighted by atomic mass is 16.3. The van der Waals surface area contributed by atoms with Crippen molar-refractivity contribution in [3.63, 3.8) is 0 Å². The van der Waals surface area contributed by atoms with Crippen LogP contribution in [0.15, 0.2) is 0 Å². The van der Waals surface area contributed by atoms with Crippen LogP contribution in [0, 0.1) is 11.8 Å². The molecule has 3 atom stereocenters. The maximum Gasteiger partial charge on any atom is 0.251 e. The summed E-state index contributed by atoms with van der Waals surface area (Å²) >= 11 is 0. The number of nitrogens with zero attached hydrogens (tertiary/aromatic N) is 1. The van der Waals surface area contributed by atoms with Gasteiger partial charge in [-0.2, -0.15) is 0 Å². The molecule has 0 bridgehead atoms. The number of aliphatic hydroxyl groups excluding tert-OH is 1. The van der Waals surface area contributed by atoms with E-state index in [2.05, 4.69) is 5.43 Å². The molecule has 1 aliphatic rings. The summed E-state index contributed by atoms with van der Waals surface area (Å²) in [6, 6.07) is -0.243. The first-order valence-corrected chi connectivity index (χ1v) is 5.90. The normalized spacial score (nSPS) is 29.1. The van der Waals surface area contributed by atoms with Crippen molar-refractivity contribution in [2.45, 2.75) is 39.3 Å². The molecule has 1 fully saturated rings. The summed E-state index contributed by atoms with van der Waals surface area (Å²) in [7, 11) is 0. The number of carbonyl (C=O) groups is 1. The monoisotopic (exact) mass is 229 g/mol. The van der Waals surface area contributed by atoms with Gasteiger partial charge in [-0.05, 0) is 24.8 Å². The van der Waals surface area contributed by atoms with E-state index >= 15 is 0 Å². The number of β-amino-alcohol motifs (C(OH)–C–C–N with tert-alkyl or cyclic N) is 1. The third-order valence-corrected chi connectivity index (χ3v) is 3.39. The van der Waals surface area contributed by atoms with Gasteiger partial charge >= 0.3 is 0 Å². The fourth-order valence-corrected chi connectivity index (χ4v) is 2.30. The lowest BCUT2D eigenvalue weighted by molar-refractivity contribution is -0.130. The number of aliphatic hydroxyl groups is 1. The molecule has 4 N–H and O–H groups in total. The molecule has 0 spiro atoms. The first kappa shape index (κ1) is 13.4. The van der Waals surface area contributed by atoms with Gasteiger partial charge in [0.25, 0.3) is 5.91 Å². The molecular weight excluding hydrogens is 206 g/mol. The second-order valence-electron chi connectivity index (χ2n) is 5.03. The minimum atomic E-state index is -0.347. The number of nitrogens with one attached hydrogen (secondary N) is 1. The average molecular weight is 229 g/mol. The lowest BCUT2D eigenvalue weighted by atomic mass is 9.92. The van der Waals surface area contributed by atoms with Crippen LogP contribution in [-0.4, -0.2) is 41.1 Å². The number of rotatable bonds is 3. The second-order valence-corrected chi connectivity index (χ2v) is 5.03. The number of hydrogen-bond acceptors (Lipinski definition) is 4. The van der Waals surface area contributed by atoms with Crippen LogP contribution in [0.3, 0.4) is 0 Å². The van der Waals surface area contributed by atoms with Crippen LogP contribution in [0.25, 0.3) is 0 Å². The van der Waals surface area contributed by atoms with Gasteiger partial charge in [-0.1, -0.05) is 20.8 Å². The number of nitrogens with two attached hydrogens (primary N) is 1. The quantitative estimate of drug-likeness (QED) is 0.353. The zero-order chi connectivity index (χ0) is 12.3. The predicted octanol–water partition coefficient (Wildman–Crippen LogP) is -0.296. The van der Waals surface area contributed by atoms with E-state index in [0.717, 1.165) is 13.0 Å². The van der Waals surface area contributed by atoms with E-state index in [-0.39, 0.29) is 24.0 Å². The van der Waals surface area contributed by atoms with Gasteiger partial charge in [0.05, 0.1) is 12.1 Å². The van der Waals surface area contributed by atoms with Crippen molar-refractivity contribution >= 4 is 5.91 Å². The van der Waals surface area contributed by atoms with E-state index < -0.39 is 0 Å². The van der Waals surface area contributed by atoms with Crippen LogP contribution in [0.5, 0.6) is 0 Å². The SMILES string of the molecule is CC(C)C(C(=O)NN)N1CCC(C)C(O)C1. The van der Waals surface area contributed by atoms with Crippen LogP contribution < -0.4 is 11.3 Å². The van der Waals surface area contributed by atoms with E-state index in [9.17, 15) is 9.90 Å². The highest BCUT2D eigenvalue weighted by molar-refractivity contribution is 5.81. The Morgan fingerprint density at radius 2 is 2.19 bits per heavy atom. The van der Waals surface area contributed by atoms with E-state index in [1.165, 1.54) is 0 Å². The van der Waals surface area contributed by atoms with Crippen molar-refractivity contribution < 1.29 is 9.90 Å². The molecule has 5 heteroatoms. The van der Waals surface area contributed by atoms with Gasteiger partial charge < -0.3 is 5.11 Å².